The van der Waals surface area contributed by atoms with Crippen molar-refractivity contribution in [3.63, 3.8) is 0 Å². The van der Waals surface area contributed by atoms with Crippen molar-refractivity contribution in [3.05, 3.63) is 28.2 Å². The van der Waals surface area contributed by atoms with Crippen molar-refractivity contribution in [2.45, 2.75) is 20.8 Å². The number of hydrogen-bond acceptors (Lipinski definition) is 3. The molecule has 7 heteroatoms. The first-order valence-corrected chi connectivity index (χ1v) is 8.79. The van der Waals surface area contributed by atoms with Gasteiger partial charge in [0.15, 0.2) is 0 Å². The first kappa shape index (κ1) is 19.0. The second-order valence-corrected chi connectivity index (χ2v) is 7.27. The summed E-state index contributed by atoms with van der Waals surface area (Å²) in [4.78, 5) is 29.5. The summed E-state index contributed by atoms with van der Waals surface area (Å²) in [6.07, 6.45) is 0. The highest BCUT2D eigenvalue weighted by molar-refractivity contribution is 6.35. The summed E-state index contributed by atoms with van der Waals surface area (Å²) in [5, 5.41) is 3.57. The highest BCUT2D eigenvalue weighted by Gasteiger charge is 2.40. The lowest BCUT2D eigenvalue weighted by molar-refractivity contribution is -0.147. The van der Waals surface area contributed by atoms with Crippen LogP contribution in [0.2, 0.25) is 10.0 Å². The van der Waals surface area contributed by atoms with E-state index in [0.29, 0.717) is 28.8 Å². The van der Waals surface area contributed by atoms with Crippen molar-refractivity contribution in [1.82, 2.24) is 9.80 Å². The lowest BCUT2D eigenvalue weighted by atomic mass is 9.89. The Hall–Kier alpha value is -1.30. The number of hydrogen-bond donors (Lipinski definition) is 1. The smallest absolute Gasteiger partial charge is 0.239 e. The molecule has 0 bridgehead atoms. The zero-order valence-electron chi connectivity index (χ0n) is 14.2. The van der Waals surface area contributed by atoms with Gasteiger partial charge in [-0.05, 0) is 38.6 Å². The summed E-state index contributed by atoms with van der Waals surface area (Å²) < 4.78 is 0. The Labute approximate surface area is 152 Å². The van der Waals surface area contributed by atoms with Crippen molar-refractivity contribution in [2.24, 2.45) is 5.41 Å². The van der Waals surface area contributed by atoms with Crippen LogP contribution in [0, 0.1) is 5.41 Å². The third kappa shape index (κ3) is 4.21. The third-order valence-electron chi connectivity index (χ3n) is 4.39. The van der Waals surface area contributed by atoms with E-state index in [9.17, 15) is 9.59 Å². The molecule has 1 N–H and O–H groups in total. The molecule has 132 valence electrons. The van der Waals surface area contributed by atoms with Crippen LogP contribution >= 0.6 is 23.2 Å². The molecule has 2 amide bonds. The Kier molecular flexibility index (Phi) is 6.12. The van der Waals surface area contributed by atoms with Crippen LogP contribution in [0.1, 0.15) is 20.8 Å². The van der Waals surface area contributed by atoms with E-state index in [1.54, 1.807) is 36.9 Å². The van der Waals surface area contributed by atoms with Crippen LogP contribution in [-0.4, -0.2) is 54.3 Å². The lowest BCUT2D eigenvalue weighted by Gasteiger charge is -2.37. The van der Waals surface area contributed by atoms with Gasteiger partial charge in [-0.2, -0.15) is 0 Å². The maximum atomic E-state index is 12.8. The van der Waals surface area contributed by atoms with Gasteiger partial charge in [0.25, 0.3) is 0 Å². The van der Waals surface area contributed by atoms with E-state index >= 15 is 0 Å². The molecule has 1 fully saturated rings. The number of carbonyl (C=O) groups is 2. The molecular formula is C17H23Cl2N3O2. The predicted octanol–water partition coefficient (Wildman–Crippen LogP) is 3.12. The Bertz CT molecular complexity index is 626. The highest BCUT2D eigenvalue weighted by atomic mass is 35.5. The highest BCUT2D eigenvalue weighted by Crippen LogP contribution is 2.28. The summed E-state index contributed by atoms with van der Waals surface area (Å²) in [6.45, 7) is 9.29. The second kappa shape index (κ2) is 7.72. The number of carbonyl (C=O) groups excluding carboxylic acids is 2. The van der Waals surface area contributed by atoms with E-state index < -0.39 is 11.3 Å². The number of amides is 2. The average Bonchev–Trinajstić information content (AvgIpc) is 2.57. The molecule has 1 saturated heterocycles. The molecule has 0 aromatic heterocycles. The Balaban J connectivity index is 2.07. The first-order chi connectivity index (χ1) is 11.3. The number of likely N-dealkylation sites (N-methyl/N-ethyl adjacent to an activating group) is 1. The van der Waals surface area contributed by atoms with Crippen LogP contribution in [0.15, 0.2) is 18.2 Å². The molecule has 0 unspecified atom stereocenters. The Morgan fingerprint density at radius 1 is 1.17 bits per heavy atom. The lowest BCUT2D eigenvalue weighted by Crippen LogP contribution is -2.54. The molecule has 0 radical (unpaired) electrons. The molecule has 0 spiro atoms. The Morgan fingerprint density at radius 2 is 1.79 bits per heavy atom. The monoisotopic (exact) mass is 371 g/mol. The molecule has 0 atom stereocenters. The number of anilines is 1. The van der Waals surface area contributed by atoms with Crippen LogP contribution in [0.25, 0.3) is 0 Å². The van der Waals surface area contributed by atoms with Crippen molar-refractivity contribution < 1.29 is 9.59 Å². The van der Waals surface area contributed by atoms with E-state index in [4.69, 9.17) is 23.2 Å². The molecule has 1 aromatic rings. The molecule has 24 heavy (non-hydrogen) atoms. The van der Waals surface area contributed by atoms with Crippen LogP contribution < -0.4 is 5.32 Å². The van der Waals surface area contributed by atoms with Gasteiger partial charge in [0.2, 0.25) is 11.8 Å². The zero-order chi connectivity index (χ0) is 17.9. The standard InChI is InChI=1S/C17H23Cl2N3O2/c1-4-21-7-9-22(10-8-21)16(24)17(2,3)15(23)20-14-11-12(18)5-6-13(14)19/h5-6,11H,4,7-10H2,1-3H3,(H,20,23). The van der Waals surface area contributed by atoms with Gasteiger partial charge in [0.05, 0.1) is 10.7 Å². The van der Waals surface area contributed by atoms with Gasteiger partial charge in [-0.25, -0.2) is 0 Å². The quantitative estimate of drug-likeness (QED) is 0.827. The number of rotatable bonds is 4. The van der Waals surface area contributed by atoms with Gasteiger partial charge < -0.3 is 15.1 Å². The summed E-state index contributed by atoms with van der Waals surface area (Å²) in [5.74, 6) is -0.566. The normalized spacial score (nSPS) is 16.1. The largest absolute Gasteiger partial charge is 0.339 e. The van der Waals surface area contributed by atoms with E-state index in [1.807, 2.05) is 0 Å². The van der Waals surface area contributed by atoms with Crippen molar-refractivity contribution in [3.8, 4) is 0 Å². The van der Waals surface area contributed by atoms with Crippen LogP contribution in [0.4, 0.5) is 5.69 Å². The number of nitrogens with zero attached hydrogens (tertiary/aromatic N) is 2. The van der Waals surface area contributed by atoms with Crippen LogP contribution in [0.5, 0.6) is 0 Å². The molecular weight excluding hydrogens is 349 g/mol. The molecule has 0 saturated carbocycles. The van der Waals surface area contributed by atoms with Crippen LogP contribution in [0.3, 0.4) is 0 Å². The van der Waals surface area contributed by atoms with Crippen LogP contribution in [-0.2, 0) is 9.59 Å². The fraction of sp³-hybridized carbons (Fsp3) is 0.529. The SMILES string of the molecule is CCN1CCN(C(=O)C(C)(C)C(=O)Nc2cc(Cl)ccc2Cl)CC1. The topological polar surface area (TPSA) is 52.7 Å². The van der Waals surface area contributed by atoms with E-state index in [0.717, 1.165) is 19.6 Å². The minimum Gasteiger partial charge on any atom is -0.339 e. The number of nitrogens with one attached hydrogen (secondary N) is 1. The van der Waals surface area contributed by atoms with Gasteiger partial charge in [-0.3, -0.25) is 9.59 Å². The number of halogens is 2. The average molecular weight is 372 g/mol. The van der Waals surface area contributed by atoms with Crippen molar-refractivity contribution >= 4 is 40.7 Å². The summed E-state index contributed by atoms with van der Waals surface area (Å²) in [7, 11) is 0. The first-order valence-electron chi connectivity index (χ1n) is 8.04. The molecule has 2 rings (SSSR count). The van der Waals surface area contributed by atoms with E-state index in [2.05, 4.69) is 17.1 Å². The van der Waals surface area contributed by atoms with Gasteiger partial charge in [0.1, 0.15) is 5.41 Å². The molecule has 0 aliphatic carbocycles. The number of piperazine rings is 1. The second-order valence-electron chi connectivity index (χ2n) is 6.43. The van der Waals surface area contributed by atoms with E-state index in [-0.39, 0.29) is 5.91 Å². The van der Waals surface area contributed by atoms with E-state index in [1.165, 1.54) is 0 Å². The fourth-order valence-electron chi connectivity index (χ4n) is 2.63. The molecule has 1 aromatic carbocycles. The number of benzene rings is 1. The maximum absolute atomic E-state index is 12.8. The zero-order valence-corrected chi connectivity index (χ0v) is 15.7. The summed E-state index contributed by atoms with van der Waals surface area (Å²) in [6, 6.07) is 4.82. The van der Waals surface area contributed by atoms with Crippen molar-refractivity contribution in [2.75, 3.05) is 38.0 Å². The minimum atomic E-state index is -1.18. The minimum absolute atomic E-state index is 0.172. The fourth-order valence-corrected chi connectivity index (χ4v) is 2.97. The van der Waals surface area contributed by atoms with Gasteiger partial charge in [0, 0.05) is 31.2 Å². The van der Waals surface area contributed by atoms with Gasteiger partial charge in [-0.15, -0.1) is 0 Å². The molecule has 1 aliphatic rings. The maximum Gasteiger partial charge on any atom is 0.239 e. The third-order valence-corrected chi connectivity index (χ3v) is 4.95. The molecule has 1 aliphatic heterocycles. The summed E-state index contributed by atoms with van der Waals surface area (Å²) >= 11 is 12.0. The van der Waals surface area contributed by atoms with Crippen molar-refractivity contribution in [1.29, 1.82) is 0 Å². The predicted molar refractivity (Wildman–Crippen MR) is 97.6 cm³/mol. The van der Waals surface area contributed by atoms with Gasteiger partial charge >= 0.3 is 0 Å². The molecule has 1 heterocycles. The summed E-state index contributed by atoms with van der Waals surface area (Å²) in [5.41, 5.74) is -0.772. The van der Waals surface area contributed by atoms with Gasteiger partial charge in [-0.1, -0.05) is 30.1 Å². The molecule has 5 nitrogen and oxygen atoms in total. The Morgan fingerprint density at radius 3 is 2.38 bits per heavy atom.